The second kappa shape index (κ2) is 6.48. The highest BCUT2D eigenvalue weighted by Crippen LogP contribution is 2.35. The highest BCUT2D eigenvalue weighted by molar-refractivity contribution is 14.1. The zero-order valence-corrected chi connectivity index (χ0v) is 14.2. The van der Waals surface area contributed by atoms with Crippen LogP contribution in [0.15, 0.2) is 66.8 Å². The SMILES string of the molecule is CC1CC=CC=C1c1cc(I)ccc1Nc1ccccc1. The molecular weight excluding hydrogens is 369 g/mol. The van der Waals surface area contributed by atoms with Crippen molar-refractivity contribution in [3.8, 4) is 0 Å². The van der Waals surface area contributed by atoms with Crippen LogP contribution < -0.4 is 5.32 Å². The largest absolute Gasteiger partial charge is 0.355 e. The molecule has 2 heteroatoms. The summed E-state index contributed by atoms with van der Waals surface area (Å²) in [6.45, 7) is 2.29. The molecule has 1 aliphatic carbocycles. The number of hydrogen-bond donors (Lipinski definition) is 1. The van der Waals surface area contributed by atoms with Gasteiger partial charge in [-0.15, -0.1) is 0 Å². The Morgan fingerprint density at radius 3 is 2.67 bits per heavy atom. The highest BCUT2D eigenvalue weighted by atomic mass is 127. The summed E-state index contributed by atoms with van der Waals surface area (Å²) in [5.41, 5.74) is 5.02. The quantitative estimate of drug-likeness (QED) is 0.636. The van der Waals surface area contributed by atoms with Gasteiger partial charge in [0.05, 0.1) is 0 Å². The van der Waals surface area contributed by atoms with Gasteiger partial charge < -0.3 is 5.32 Å². The van der Waals surface area contributed by atoms with Crippen molar-refractivity contribution in [1.29, 1.82) is 0 Å². The number of rotatable bonds is 3. The first-order valence-corrected chi connectivity index (χ1v) is 8.30. The molecule has 21 heavy (non-hydrogen) atoms. The predicted molar refractivity (Wildman–Crippen MR) is 99.8 cm³/mol. The number of nitrogens with one attached hydrogen (secondary N) is 1. The normalized spacial score (nSPS) is 17.4. The maximum atomic E-state index is 3.55. The van der Waals surface area contributed by atoms with E-state index in [0.717, 1.165) is 12.1 Å². The van der Waals surface area contributed by atoms with E-state index in [9.17, 15) is 0 Å². The third-order valence-electron chi connectivity index (χ3n) is 3.78. The highest BCUT2D eigenvalue weighted by Gasteiger charge is 2.16. The first-order valence-electron chi connectivity index (χ1n) is 7.23. The lowest BCUT2D eigenvalue weighted by molar-refractivity contribution is 0.759. The molecule has 0 aliphatic heterocycles. The summed E-state index contributed by atoms with van der Waals surface area (Å²) < 4.78 is 1.27. The summed E-state index contributed by atoms with van der Waals surface area (Å²) in [4.78, 5) is 0. The fourth-order valence-electron chi connectivity index (χ4n) is 2.64. The molecule has 0 aromatic heterocycles. The molecule has 0 heterocycles. The van der Waals surface area contributed by atoms with Crippen molar-refractivity contribution in [2.24, 2.45) is 5.92 Å². The minimum atomic E-state index is 0.560. The van der Waals surface area contributed by atoms with Gasteiger partial charge in [-0.3, -0.25) is 0 Å². The third kappa shape index (κ3) is 3.38. The third-order valence-corrected chi connectivity index (χ3v) is 4.45. The van der Waals surface area contributed by atoms with Gasteiger partial charge in [0.2, 0.25) is 0 Å². The van der Waals surface area contributed by atoms with Crippen molar-refractivity contribution in [2.45, 2.75) is 13.3 Å². The lowest BCUT2D eigenvalue weighted by atomic mass is 9.87. The standard InChI is InChI=1S/C19H18IN/c1-14-7-5-6-10-17(14)18-13-15(20)11-12-19(18)21-16-8-3-2-4-9-16/h2-6,8-14,21H,7H2,1H3. The molecule has 1 nitrogen and oxygen atoms in total. The molecule has 1 aliphatic rings. The van der Waals surface area contributed by atoms with Gasteiger partial charge in [0.15, 0.2) is 0 Å². The minimum absolute atomic E-state index is 0.560. The van der Waals surface area contributed by atoms with Crippen molar-refractivity contribution >= 4 is 39.5 Å². The molecule has 0 radical (unpaired) electrons. The first-order chi connectivity index (χ1) is 10.2. The van der Waals surface area contributed by atoms with Gasteiger partial charge in [-0.05, 0) is 70.8 Å². The van der Waals surface area contributed by atoms with Crippen LogP contribution in [0.4, 0.5) is 11.4 Å². The molecule has 1 unspecified atom stereocenters. The van der Waals surface area contributed by atoms with E-state index in [0.29, 0.717) is 5.92 Å². The second-order valence-electron chi connectivity index (χ2n) is 5.37. The molecule has 0 amide bonds. The van der Waals surface area contributed by atoms with Crippen LogP contribution in [-0.4, -0.2) is 0 Å². The van der Waals surface area contributed by atoms with Crippen LogP contribution in [0.25, 0.3) is 5.57 Å². The van der Waals surface area contributed by atoms with Gasteiger partial charge in [0.1, 0.15) is 0 Å². The van der Waals surface area contributed by atoms with Gasteiger partial charge in [-0.25, -0.2) is 0 Å². The van der Waals surface area contributed by atoms with E-state index in [1.807, 2.05) is 6.07 Å². The smallest absolute Gasteiger partial charge is 0.0461 e. The summed E-state index contributed by atoms with van der Waals surface area (Å²) in [6.07, 6.45) is 7.77. The number of para-hydroxylation sites is 1. The fourth-order valence-corrected chi connectivity index (χ4v) is 3.13. The van der Waals surface area contributed by atoms with Crippen molar-refractivity contribution in [3.63, 3.8) is 0 Å². The zero-order chi connectivity index (χ0) is 14.7. The van der Waals surface area contributed by atoms with Crippen LogP contribution in [0.2, 0.25) is 0 Å². The van der Waals surface area contributed by atoms with Gasteiger partial charge in [0.25, 0.3) is 0 Å². The molecule has 3 rings (SSSR count). The van der Waals surface area contributed by atoms with E-state index in [-0.39, 0.29) is 0 Å². The van der Waals surface area contributed by atoms with E-state index < -0.39 is 0 Å². The van der Waals surface area contributed by atoms with E-state index in [1.165, 1.54) is 20.4 Å². The van der Waals surface area contributed by atoms with Gasteiger partial charge in [0, 0.05) is 20.5 Å². The molecule has 2 aromatic rings. The summed E-state index contributed by atoms with van der Waals surface area (Å²) >= 11 is 2.38. The fraction of sp³-hybridized carbons (Fsp3) is 0.158. The Morgan fingerprint density at radius 1 is 1.10 bits per heavy atom. The molecule has 2 aromatic carbocycles. The van der Waals surface area contributed by atoms with Gasteiger partial charge >= 0.3 is 0 Å². The monoisotopic (exact) mass is 387 g/mol. The van der Waals surface area contributed by atoms with Crippen LogP contribution in [0.1, 0.15) is 18.9 Å². The average Bonchev–Trinajstić information content (AvgIpc) is 2.51. The van der Waals surface area contributed by atoms with Crippen LogP contribution >= 0.6 is 22.6 Å². The lowest BCUT2D eigenvalue weighted by Crippen LogP contribution is -2.04. The second-order valence-corrected chi connectivity index (χ2v) is 6.61. The molecule has 0 bridgehead atoms. The number of benzene rings is 2. The summed E-state index contributed by atoms with van der Waals surface area (Å²) in [7, 11) is 0. The predicted octanol–water partition coefficient (Wildman–Crippen LogP) is 6.01. The van der Waals surface area contributed by atoms with Crippen LogP contribution in [0, 0.1) is 9.49 Å². The topological polar surface area (TPSA) is 12.0 Å². The van der Waals surface area contributed by atoms with Gasteiger partial charge in [-0.2, -0.15) is 0 Å². The Balaban J connectivity index is 2.01. The number of hydrogen-bond acceptors (Lipinski definition) is 1. The maximum absolute atomic E-state index is 3.55. The summed E-state index contributed by atoms with van der Waals surface area (Å²) in [5, 5.41) is 3.55. The van der Waals surface area contributed by atoms with Crippen LogP contribution in [-0.2, 0) is 0 Å². The first kappa shape index (κ1) is 14.4. The van der Waals surface area contributed by atoms with Crippen molar-refractivity contribution in [2.75, 3.05) is 5.32 Å². The maximum Gasteiger partial charge on any atom is 0.0461 e. The Labute approximate surface area is 139 Å². The molecule has 0 saturated carbocycles. The number of allylic oxidation sites excluding steroid dienone is 4. The van der Waals surface area contributed by atoms with Crippen molar-refractivity contribution < 1.29 is 0 Å². The molecule has 1 atom stereocenters. The molecule has 1 N–H and O–H groups in total. The Hall–Kier alpha value is -1.55. The van der Waals surface area contributed by atoms with E-state index >= 15 is 0 Å². The van der Waals surface area contributed by atoms with E-state index in [1.54, 1.807) is 0 Å². The van der Waals surface area contributed by atoms with E-state index in [4.69, 9.17) is 0 Å². The summed E-state index contributed by atoms with van der Waals surface area (Å²) in [5.74, 6) is 0.560. The zero-order valence-electron chi connectivity index (χ0n) is 12.0. The molecular formula is C19H18IN. The van der Waals surface area contributed by atoms with Crippen molar-refractivity contribution in [1.82, 2.24) is 0 Å². The minimum Gasteiger partial charge on any atom is -0.355 e. The average molecular weight is 387 g/mol. The molecule has 0 saturated heterocycles. The van der Waals surface area contributed by atoms with E-state index in [2.05, 4.69) is 95.5 Å². The van der Waals surface area contributed by atoms with Crippen LogP contribution in [0.3, 0.4) is 0 Å². The van der Waals surface area contributed by atoms with Crippen molar-refractivity contribution in [3.05, 3.63) is 75.9 Å². The summed E-state index contributed by atoms with van der Waals surface area (Å²) in [6, 6.07) is 16.9. The van der Waals surface area contributed by atoms with Crippen LogP contribution in [0.5, 0.6) is 0 Å². The number of halogens is 1. The molecule has 0 fully saturated rings. The Kier molecular flexibility index (Phi) is 4.44. The molecule has 106 valence electrons. The lowest BCUT2D eigenvalue weighted by Gasteiger charge is -2.21. The Bertz CT molecular complexity index is 686. The molecule has 0 spiro atoms. The van der Waals surface area contributed by atoms with Gasteiger partial charge in [-0.1, -0.05) is 43.4 Å². The Morgan fingerprint density at radius 2 is 1.90 bits per heavy atom. The number of anilines is 2.